The first-order valence-electron chi connectivity index (χ1n) is 6.82. The molecule has 1 amide bonds. The molecule has 0 aliphatic carbocycles. The summed E-state index contributed by atoms with van der Waals surface area (Å²) in [6.45, 7) is 4.62. The van der Waals surface area contributed by atoms with E-state index in [1.807, 2.05) is 42.7 Å². The number of carbonyl (C=O) groups excluding carboxylic acids is 1. The van der Waals surface area contributed by atoms with Crippen LogP contribution in [0.15, 0.2) is 30.6 Å². The Hall–Kier alpha value is -2.63. The highest BCUT2D eigenvalue weighted by Gasteiger charge is 2.10. The molecule has 3 rings (SSSR count). The molecule has 0 spiro atoms. The lowest BCUT2D eigenvalue weighted by Crippen LogP contribution is -2.27. The minimum Gasteiger partial charge on any atom is -0.350 e. The third-order valence-corrected chi connectivity index (χ3v) is 3.58. The zero-order valence-corrected chi connectivity index (χ0v) is 12.1. The minimum atomic E-state index is -0.0434. The molecule has 0 aliphatic heterocycles. The number of benzene rings is 1. The molecular formula is C15H17N5O. The molecule has 21 heavy (non-hydrogen) atoms. The van der Waals surface area contributed by atoms with Crippen molar-refractivity contribution in [2.24, 2.45) is 0 Å². The Morgan fingerprint density at radius 2 is 2.14 bits per heavy atom. The van der Waals surface area contributed by atoms with E-state index < -0.39 is 0 Å². The molecule has 0 saturated heterocycles. The third kappa shape index (κ3) is 2.65. The molecule has 108 valence electrons. The standard InChI is InChI=1S/C15H17N5O/c1-10-12(11(2)19-18-10)7-16-15(21)8-20-9-17-13-5-3-4-6-14(13)20/h3-6,9H,7-8H2,1-2H3,(H,16,21)(H,18,19). The minimum absolute atomic E-state index is 0.0434. The number of H-pyrrole nitrogens is 1. The molecule has 1 aromatic carbocycles. The number of nitrogens with zero attached hydrogens (tertiary/aromatic N) is 3. The molecule has 0 fully saturated rings. The van der Waals surface area contributed by atoms with Gasteiger partial charge in [0.1, 0.15) is 6.54 Å². The Bertz CT molecular complexity index is 767. The average Bonchev–Trinajstić information content (AvgIpc) is 3.02. The van der Waals surface area contributed by atoms with Gasteiger partial charge >= 0.3 is 0 Å². The van der Waals surface area contributed by atoms with Crippen molar-refractivity contribution in [3.63, 3.8) is 0 Å². The number of aromatic amines is 1. The van der Waals surface area contributed by atoms with Gasteiger partial charge in [-0.1, -0.05) is 12.1 Å². The van der Waals surface area contributed by atoms with Crippen molar-refractivity contribution in [2.45, 2.75) is 26.9 Å². The SMILES string of the molecule is Cc1n[nH]c(C)c1CNC(=O)Cn1cnc2ccccc21. The highest BCUT2D eigenvalue weighted by molar-refractivity contribution is 5.80. The molecule has 2 aromatic heterocycles. The van der Waals surface area contributed by atoms with Crippen LogP contribution in [0.5, 0.6) is 0 Å². The predicted octanol–water partition coefficient (Wildman–Crippen LogP) is 1.69. The van der Waals surface area contributed by atoms with Crippen molar-refractivity contribution in [2.75, 3.05) is 0 Å². The monoisotopic (exact) mass is 283 g/mol. The molecular weight excluding hydrogens is 266 g/mol. The highest BCUT2D eigenvalue weighted by atomic mass is 16.1. The first-order chi connectivity index (χ1) is 10.1. The van der Waals surface area contributed by atoms with Crippen LogP contribution in [-0.2, 0) is 17.9 Å². The summed E-state index contributed by atoms with van der Waals surface area (Å²) in [6, 6.07) is 7.77. The van der Waals surface area contributed by atoms with Crippen LogP contribution in [0.25, 0.3) is 11.0 Å². The number of carbonyl (C=O) groups is 1. The number of fused-ring (bicyclic) bond motifs is 1. The summed E-state index contributed by atoms with van der Waals surface area (Å²) >= 11 is 0. The van der Waals surface area contributed by atoms with E-state index >= 15 is 0 Å². The van der Waals surface area contributed by atoms with Crippen LogP contribution in [0.4, 0.5) is 0 Å². The van der Waals surface area contributed by atoms with Gasteiger partial charge in [-0.3, -0.25) is 9.89 Å². The fourth-order valence-electron chi connectivity index (χ4n) is 2.37. The number of imidazole rings is 1. The van der Waals surface area contributed by atoms with Crippen molar-refractivity contribution in [3.05, 3.63) is 47.5 Å². The van der Waals surface area contributed by atoms with Crippen LogP contribution in [0.2, 0.25) is 0 Å². The van der Waals surface area contributed by atoms with Gasteiger partial charge in [0.25, 0.3) is 0 Å². The van der Waals surface area contributed by atoms with Gasteiger partial charge in [0.15, 0.2) is 0 Å². The molecule has 0 atom stereocenters. The normalized spacial score (nSPS) is 11.0. The van der Waals surface area contributed by atoms with Crippen LogP contribution in [0.1, 0.15) is 17.0 Å². The number of aryl methyl sites for hydroxylation is 2. The van der Waals surface area contributed by atoms with Gasteiger partial charge in [0.05, 0.1) is 23.1 Å². The summed E-state index contributed by atoms with van der Waals surface area (Å²) in [5, 5.41) is 9.96. The van der Waals surface area contributed by atoms with E-state index in [-0.39, 0.29) is 12.5 Å². The summed E-state index contributed by atoms with van der Waals surface area (Å²) in [7, 11) is 0. The maximum atomic E-state index is 12.1. The lowest BCUT2D eigenvalue weighted by molar-refractivity contribution is -0.121. The molecule has 3 aromatic rings. The van der Waals surface area contributed by atoms with Crippen molar-refractivity contribution in [1.82, 2.24) is 25.1 Å². The van der Waals surface area contributed by atoms with Crippen molar-refractivity contribution in [3.8, 4) is 0 Å². The highest BCUT2D eigenvalue weighted by Crippen LogP contribution is 2.12. The summed E-state index contributed by atoms with van der Waals surface area (Å²) in [5.74, 6) is -0.0434. The Labute approximate surface area is 122 Å². The summed E-state index contributed by atoms with van der Waals surface area (Å²) in [6.07, 6.45) is 1.69. The van der Waals surface area contributed by atoms with Gasteiger partial charge in [-0.15, -0.1) is 0 Å². The molecule has 6 heteroatoms. The third-order valence-electron chi connectivity index (χ3n) is 3.58. The molecule has 0 aliphatic rings. The quantitative estimate of drug-likeness (QED) is 0.765. The van der Waals surface area contributed by atoms with E-state index in [1.54, 1.807) is 6.33 Å². The van der Waals surface area contributed by atoms with Crippen LogP contribution in [-0.4, -0.2) is 25.7 Å². The molecule has 0 bridgehead atoms. The van der Waals surface area contributed by atoms with E-state index in [4.69, 9.17) is 0 Å². The fourth-order valence-corrected chi connectivity index (χ4v) is 2.37. The Balaban J connectivity index is 1.67. The number of rotatable bonds is 4. The number of aromatic nitrogens is 4. The second-order valence-corrected chi connectivity index (χ2v) is 5.05. The molecule has 0 unspecified atom stereocenters. The fraction of sp³-hybridized carbons (Fsp3) is 0.267. The predicted molar refractivity (Wildman–Crippen MR) is 79.6 cm³/mol. The van der Waals surface area contributed by atoms with E-state index in [0.29, 0.717) is 6.54 Å². The zero-order chi connectivity index (χ0) is 14.8. The van der Waals surface area contributed by atoms with Crippen molar-refractivity contribution in [1.29, 1.82) is 0 Å². The average molecular weight is 283 g/mol. The lowest BCUT2D eigenvalue weighted by atomic mass is 10.2. The smallest absolute Gasteiger partial charge is 0.240 e. The van der Waals surface area contributed by atoms with Gasteiger partial charge in [0.2, 0.25) is 5.91 Å². The van der Waals surface area contributed by atoms with E-state index in [2.05, 4.69) is 20.5 Å². The zero-order valence-electron chi connectivity index (χ0n) is 12.1. The van der Waals surface area contributed by atoms with Crippen LogP contribution in [0, 0.1) is 13.8 Å². The lowest BCUT2D eigenvalue weighted by Gasteiger charge is -2.07. The van der Waals surface area contributed by atoms with E-state index in [9.17, 15) is 4.79 Å². The maximum absolute atomic E-state index is 12.1. The number of hydrogen-bond acceptors (Lipinski definition) is 3. The number of amides is 1. The summed E-state index contributed by atoms with van der Waals surface area (Å²) < 4.78 is 1.85. The molecule has 2 N–H and O–H groups in total. The number of nitrogens with one attached hydrogen (secondary N) is 2. The van der Waals surface area contributed by atoms with Gasteiger partial charge in [-0.2, -0.15) is 5.10 Å². The van der Waals surface area contributed by atoms with Crippen LogP contribution < -0.4 is 5.32 Å². The first kappa shape index (κ1) is 13.4. The van der Waals surface area contributed by atoms with E-state index in [0.717, 1.165) is 28.0 Å². The van der Waals surface area contributed by atoms with Crippen molar-refractivity contribution < 1.29 is 4.79 Å². The Kier molecular flexibility index (Phi) is 3.43. The van der Waals surface area contributed by atoms with Gasteiger partial charge in [-0.05, 0) is 26.0 Å². The molecule has 2 heterocycles. The number of para-hydroxylation sites is 2. The topological polar surface area (TPSA) is 75.6 Å². The molecule has 0 saturated carbocycles. The van der Waals surface area contributed by atoms with Crippen LogP contribution in [0.3, 0.4) is 0 Å². The van der Waals surface area contributed by atoms with Gasteiger partial charge in [0, 0.05) is 17.8 Å². The molecule has 6 nitrogen and oxygen atoms in total. The maximum Gasteiger partial charge on any atom is 0.240 e. The van der Waals surface area contributed by atoms with Crippen LogP contribution >= 0.6 is 0 Å². The van der Waals surface area contributed by atoms with E-state index in [1.165, 1.54) is 0 Å². The second kappa shape index (κ2) is 5.40. The molecule has 0 radical (unpaired) electrons. The largest absolute Gasteiger partial charge is 0.350 e. The summed E-state index contributed by atoms with van der Waals surface area (Å²) in [4.78, 5) is 16.4. The van der Waals surface area contributed by atoms with Crippen molar-refractivity contribution >= 4 is 16.9 Å². The Morgan fingerprint density at radius 1 is 1.33 bits per heavy atom. The van der Waals surface area contributed by atoms with Gasteiger partial charge < -0.3 is 9.88 Å². The van der Waals surface area contributed by atoms with Gasteiger partial charge in [-0.25, -0.2) is 4.98 Å². The first-order valence-corrected chi connectivity index (χ1v) is 6.82. The number of hydrogen-bond donors (Lipinski definition) is 2. The Morgan fingerprint density at radius 3 is 2.90 bits per heavy atom. The summed E-state index contributed by atoms with van der Waals surface area (Å²) in [5.41, 5.74) is 4.80. The second-order valence-electron chi connectivity index (χ2n) is 5.05.